The number of hydrogen-bond donors (Lipinski definition) is 2. The van der Waals surface area contributed by atoms with Crippen LogP contribution in [-0.4, -0.2) is 11.0 Å². The van der Waals surface area contributed by atoms with E-state index in [1.165, 1.54) is 5.56 Å². The van der Waals surface area contributed by atoms with Gasteiger partial charge in [-0.05, 0) is 25.0 Å². The minimum atomic E-state index is 0.265. The molecule has 0 saturated carbocycles. The highest BCUT2D eigenvalue weighted by Crippen LogP contribution is 1.98. The predicted octanol–water partition coefficient (Wildman–Crippen LogP) is 0.904. The van der Waals surface area contributed by atoms with Gasteiger partial charge in [-0.2, -0.15) is 0 Å². The maximum absolute atomic E-state index is 5.57. The first-order chi connectivity index (χ1) is 4.29. The van der Waals surface area contributed by atoms with E-state index < -0.39 is 0 Å². The van der Waals surface area contributed by atoms with Crippen LogP contribution in [0.3, 0.4) is 0 Å². The highest BCUT2D eigenvalue weighted by atomic mass is 14.6. The summed E-state index contributed by atoms with van der Waals surface area (Å²) < 4.78 is 0. The molecule has 3 N–H and O–H groups in total. The van der Waals surface area contributed by atoms with Gasteiger partial charge in [0.15, 0.2) is 0 Å². The zero-order valence-electron chi connectivity index (χ0n) is 5.59. The standard InChI is InChI=1S/C7H12N2/c1-6(8)4-7-2-3-9-5-7/h2-3,5-6,9H,4,8H2,1H3/t6-/m1/s1. The summed E-state index contributed by atoms with van der Waals surface area (Å²) in [5.41, 5.74) is 6.85. The molecule has 0 saturated heterocycles. The lowest BCUT2D eigenvalue weighted by Crippen LogP contribution is -2.17. The fourth-order valence-electron chi connectivity index (χ4n) is 0.857. The summed E-state index contributed by atoms with van der Waals surface area (Å²) in [5, 5.41) is 0. The Morgan fingerprint density at radius 2 is 2.56 bits per heavy atom. The van der Waals surface area contributed by atoms with Crippen LogP contribution in [0.15, 0.2) is 18.5 Å². The molecule has 0 amide bonds. The molecule has 0 aliphatic heterocycles. The number of nitrogens with two attached hydrogens (primary N) is 1. The molecule has 0 radical (unpaired) electrons. The van der Waals surface area contributed by atoms with Crippen LogP contribution in [0.5, 0.6) is 0 Å². The summed E-state index contributed by atoms with van der Waals surface area (Å²) in [6, 6.07) is 2.31. The Kier molecular flexibility index (Phi) is 1.90. The van der Waals surface area contributed by atoms with Crippen molar-refractivity contribution in [3.8, 4) is 0 Å². The summed E-state index contributed by atoms with van der Waals surface area (Å²) in [5.74, 6) is 0. The number of rotatable bonds is 2. The van der Waals surface area contributed by atoms with Crippen molar-refractivity contribution < 1.29 is 0 Å². The molecule has 0 spiro atoms. The lowest BCUT2D eigenvalue weighted by Gasteiger charge is -1.99. The van der Waals surface area contributed by atoms with Crippen LogP contribution in [0.25, 0.3) is 0 Å². The van der Waals surface area contributed by atoms with Crippen molar-refractivity contribution in [1.82, 2.24) is 4.98 Å². The third-order valence-electron chi connectivity index (χ3n) is 1.22. The molecular formula is C7H12N2. The smallest absolute Gasteiger partial charge is 0.00514 e. The van der Waals surface area contributed by atoms with Gasteiger partial charge in [0, 0.05) is 18.4 Å². The first kappa shape index (κ1) is 6.36. The van der Waals surface area contributed by atoms with Gasteiger partial charge in [0.05, 0.1) is 0 Å². The van der Waals surface area contributed by atoms with Crippen LogP contribution in [0.2, 0.25) is 0 Å². The van der Waals surface area contributed by atoms with Crippen molar-refractivity contribution in [1.29, 1.82) is 0 Å². The first-order valence-corrected chi connectivity index (χ1v) is 3.16. The van der Waals surface area contributed by atoms with E-state index in [-0.39, 0.29) is 6.04 Å². The van der Waals surface area contributed by atoms with Crippen LogP contribution in [0.1, 0.15) is 12.5 Å². The molecule has 1 atom stereocenters. The maximum atomic E-state index is 5.57. The van der Waals surface area contributed by atoms with Gasteiger partial charge in [0.2, 0.25) is 0 Å². The van der Waals surface area contributed by atoms with E-state index in [1.807, 2.05) is 25.4 Å². The zero-order valence-corrected chi connectivity index (χ0v) is 5.59. The second-order valence-corrected chi connectivity index (χ2v) is 2.40. The van der Waals surface area contributed by atoms with Crippen molar-refractivity contribution in [3.63, 3.8) is 0 Å². The quantitative estimate of drug-likeness (QED) is 0.604. The summed E-state index contributed by atoms with van der Waals surface area (Å²) in [6.07, 6.45) is 4.85. The van der Waals surface area contributed by atoms with Crippen LogP contribution in [0, 0.1) is 0 Å². The Hall–Kier alpha value is -0.760. The zero-order chi connectivity index (χ0) is 6.69. The number of aromatic nitrogens is 1. The summed E-state index contributed by atoms with van der Waals surface area (Å²) in [6.45, 7) is 2.01. The molecule has 0 aliphatic carbocycles. The molecule has 0 aliphatic rings. The Morgan fingerprint density at radius 3 is 3.00 bits per heavy atom. The SMILES string of the molecule is C[C@@H](N)Cc1cc[nH]c1. The van der Waals surface area contributed by atoms with Crippen molar-refractivity contribution in [2.45, 2.75) is 19.4 Å². The van der Waals surface area contributed by atoms with E-state index in [4.69, 9.17) is 5.73 Å². The molecule has 2 heteroatoms. The van der Waals surface area contributed by atoms with Gasteiger partial charge in [-0.25, -0.2) is 0 Å². The topological polar surface area (TPSA) is 41.8 Å². The second kappa shape index (κ2) is 2.69. The molecule has 0 fully saturated rings. The summed E-state index contributed by atoms with van der Waals surface area (Å²) >= 11 is 0. The van der Waals surface area contributed by atoms with Crippen LogP contribution in [-0.2, 0) is 6.42 Å². The second-order valence-electron chi connectivity index (χ2n) is 2.40. The molecule has 0 aromatic carbocycles. The van der Waals surface area contributed by atoms with Crippen LogP contribution < -0.4 is 5.73 Å². The number of nitrogens with one attached hydrogen (secondary N) is 1. The van der Waals surface area contributed by atoms with Crippen molar-refractivity contribution in [2.75, 3.05) is 0 Å². The monoisotopic (exact) mass is 124 g/mol. The summed E-state index contributed by atoms with van der Waals surface area (Å²) in [4.78, 5) is 2.98. The lowest BCUT2D eigenvalue weighted by molar-refractivity contribution is 0.739. The Morgan fingerprint density at radius 1 is 1.78 bits per heavy atom. The number of H-pyrrole nitrogens is 1. The first-order valence-electron chi connectivity index (χ1n) is 3.16. The fraction of sp³-hybridized carbons (Fsp3) is 0.429. The molecule has 2 nitrogen and oxygen atoms in total. The minimum Gasteiger partial charge on any atom is -0.367 e. The van der Waals surface area contributed by atoms with Crippen LogP contribution in [0.4, 0.5) is 0 Å². The molecule has 1 heterocycles. The van der Waals surface area contributed by atoms with Gasteiger partial charge in [-0.3, -0.25) is 0 Å². The van der Waals surface area contributed by atoms with E-state index in [9.17, 15) is 0 Å². The van der Waals surface area contributed by atoms with Gasteiger partial charge in [0.1, 0.15) is 0 Å². The van der Waals surface area contributed by atoms with Crippen LogP contribution >= 0.6 is 0 Å². The molecule has 1 aromatic heterocycles. The normalized spacial score (nSPS) is 13.6. The average Bonchev–Trinajstić information content (AvgIpc) is 2.15. The predicted molar refractivity (Wildman–Crippen MR) is 38.1 cm³/mol. The highest BCUT2D eigenvalue weighted by Gasteiger charge is 1.95. The Bertz CT molecular complexity index is 153. The average molecular weight is 124 g/mol. The van der Waals surface area contributed by atoms with E-state index in [0.717, 1.165) is 6.42 Å². The summed E-state index contributed by atoms with van der Waals surface area (Å²) in [7, 11) is 0. The Labute approximate surface area is 55.1 Å². The van der Waals surface area contributed by atoms with Gasteiger partial charge in [0.25, 0.3) is 0 Å². The largest absolute Gasteiger partial charge is 0.367 e. The van der Waals surface area contributed by atoms with E-state index >= 15 is 0 Å². The van der Waals surface area contributed by atoms with Gasteiger partial charge < -0.3 is 10.7 Å². The van der Waals surface area contributed by atoms with Gasteiger partial charge in [-0.1, -0.05) is 0 Å². The van der Waals surface area contributed by atoms with E-state index in [2.05, 4.69) is 4.98 Å². The van der Waals surface area contributed by atoms with Gasteiger partial charge in [-0.15, -0.1) is 0 Å². The third kappa shape index (κ3) is 1.90. The van der Waals surface area contributed by atoms with E-state index in [1.54, 1.807) is 0 Å². The fourth-order valence-corrected chi connectivity index (χ4v) is 0.857. The van der Waals surface area contributed by atoms with Crippen molar-refractivity contribution in [3.05, 3.63) is 24.0 Å². The third-order valence-corrected chi connectivity index (χ3v) is 1.22. The molecule has 1 rings (SSSR count). The number of hydrogen-bond acceptors (Lipinski definition) is 1. The lowest BCUT2D eigenvalue weighted by atomic mass is 10.1. The molecule has 0 unspecified atom stereocenters. The molecular weight excluding hydrogens is 112 g/mol. The highest BCUT2D eigenvalue weighted by molar-refractivity contribution is 5.09. The van der Waals surface area contributed by atoms with E-state index in [0.29, 0.717) is 0 Å². The Balaban J connectivity index is 2.48. The molecule has 50 valence electrons. The molecule has 0 bridgehead atoms. The van der Waals surface area contributed by atoms with Crippen molar-refractivity contribution in [2.24, 2.45) is 5.73 Å². The van der Waals surface area contributed by atoms with Gasteiger partial charge >= 0.3 is 0 Å². The maximum Gasteiger partial charge on any atom is 0.00514 e. The molecule has 1 aromatic rings. The molecule has 9 heavy (non-hydrogen) atoms. The number of aromatic amines is 1. The van der Waals surface area contributed by atoms with Crippen molar-refractivity contribution >= 4 is 0 Å². The minimum absolute atomic E-state index is 0.265.